The normalized spacial score (nSPS) is 53.0. The van der Waals surface area contributed by atoms with Gasteiger partial charge in [0.2, 0.25) is 0 Å². The Labute approximate surface area is 450 Å². The van der Waals surface area contributed by atoms with Gasteiger partial charge in [-0.3, -0.25) is 0 Å². The molecule has 0 aromatic rings. The van der Waals surface area contributed by atoms with Gasteiger partial charge in [0, 0.05) is 7.11 Å². The minimum Gasteiger partial charge on any atom is -0.394 e. The largest absolute Gasteiger partial charge is 0.394 e. The molecule has 79 heavy (non-hydrogen) atoms. The molecular weight excluding hydrogens is 1080 g/mol. The fourth-order valence-electron chi connectivity index (χ4n) is 10.5. The van der Waals surface area contributed by atoms with E-state index in [2.05, 4.69) is 0 Å². The maximum absolute atomic E-state index is 11.6. The Morgan fingerprint density at radius 3 is 0.608 bits per heavy atom. The molecule has 36 nitrogen and oxygen atoms in total. The van der Waals surface area contributed by atoms with Gasteiger partial charge in [0.1, 0.15) is 128 Å². The zero-order chi connectivity index (χ0) is 58.1. The molecule has 0 saturated carbocycles. The summed E-state index contributed by atoms with van der Waals surface area (Å²) in [6, 6.07) is -10.3. The standard InChI is InChI=1S/C43H81N7O29/c1-66-37-17(45)25(60)31(10(3-52)68-37)75-39-19(47)27(62)33(12(5-54)70-39)77-41-21(49)29(64)35(14(7-56)72-41)79-43-22(50)30(65)36(15(8-57)73-43)78-42-20(48)28(63)34(13(6-55)71-42)76-40-18(46)26(61)32(11(4-53)69-40)74-38-16(44)24(59)23(58)9(2-51)67-38/h9-43,51-65H,2-8,44-50H2,1H3/t9?,10?,11?,12?,13?,14?,15?,16-,17-,18+,19+,20-,21-,22+,23?,24+,25+,26?,27?,28+,29+,30?,31?,32-,33-,34?,35?,36-,37?,38?,39+,40+,41?,42?,43+/m0/s1. The zero-order valence-corrected chi connectivity index (χ0v) is 42.6. The van der Waals surface area contributed by atoms with Crippen LogP contribution in [0, 0.1) is 0 Å². The van der Waals surface area contributed by atoms with Crippen LogP contribution in [0.2, 0.25) is 0 Å². The fraction of sp³-hybridized carbons (Fsp3) is 1.00. The van der Waals surface area contributed by atoms with Crippen LogP contribution in [0.25, 0.3) is 0 Å². The molecule has 36 heteroatoms. The smallest absolute Gasteiger partial charge is 0.176 e. The highest BCUT2D eigenvalue weighted by Gasteiger charge is 2.57. The van der Waals surface area contributed by atoms with E-state index in [4.69, 9.17) is 106 Å². The number of hydrogen-bond acceptors (Lipinski definition) is 36. The Morgan fingerprint density at radius 1 is 0.253 bits per heavy atom. The van der Waals surface area contributed by atoms with Gasteiger partial charge >= 0.3 is 0 Å². The minimum atomic E-state index is -1.83. The molecule has 7 fully saturated rings. The van der Waals surface area contributed by atoms with Crippen LogP contribution in [0.15, 0.2) is 0 Å². The number of ether oxygens (including phenoxy) is 14. The highest BCUT2D eigenvalue weighted by Crippen LogP contribution is 2.36. The molecule has 35 atom stereocenters. The van der Waals surface area contributed by atoms with Crippen LogP contribution in [0.5, 0.6) is 0 Å². The van der Waals surface area contributed by atoms with E-state index in [-0.39, 0.29) is 0 Å². The van der Waals surface area contributed by atoms with E-state index in [1.165, 1.54) is 7.11 Å². The maximum atomic E-state index is 11.6. The van der Waals surface area contributed by atoms with Crippen molar-refractivity contribution < 1.29 is 143 Å². The molecule has 7 aliphatic rings. The van der Waals surface area contributed by atoms with Gasteiger partial charge in [0.05, 0.1) is 88.5 Å². The van der Waals surface area contributed by atoms with Crippen molar-refractivity contribution in [1.29, 1.82) is 0 Å². The molecule has 0 aromatic heterocycles. The second kappa shape index (κ2) is 28.2. The van der Waals surface area contributed by atoms with E-state index in [1.807, 2.05) is 0 Å². The number of rotatable bonds is 20. The fourth-order valence-corrected chi connectivity index (χ4v) is 10.5. The Morgan fingerprint density at radius 2 is 0.418 bits per heavy atom. The summed E-state index contributed by atoms with van der Waals surface area (Å²) in [6.07, 6.45) is -43.8. The molecule has 0 bridgehead atoms. The number of nitrogens with two attached hydrogens (primary N) is 7. The van der Waals surface area contributed by atoms with Crippen molar-refractivity contribution in [2.75, 3.05) is 53.4 Å². The lowest BCUT2D eigenvalue weighted by atomic mass is 9.93. The van der Waals surface area contributed by atoms with Crippen LogP contribution in [0.4, 0.5) is 0 Å². The Hall–Kier alpha value is -1.44. The first-order valence-corrected chi connectivity index (χ1v) is 25.6. The van der Waals surface area contributed by atoms with Gasteiger partial charge in [-0.25, -0.2) is 0 Å². The summed E-state index contributed by atoms with van der Waals surface area (Å²) >= 11 is 0. The summed E-state index contributed by atoms with van der Waals surface area (Å²) in [5.74, 6) is 0. The molecular formula is C43H81N7O29. The molecule has 7 rings (SSSR count). The Balaban J connectivity index is 0.946. The average molecular weight is 1160 g/mol. The minimum absolute atomic E-state index is 0.659. The van der Waals surface area contributed by atoms with Crippen molar-refractivity contribution in [3.63, 3.8) is 0 Å². The molecule has 0 aromatic carbocycles. The van der Waals surface area contributed by atoms with Crippen LogP contribution in [-0.2, 0) is 66.3 Å². The van der Waals surface area contributed by atoms with E-state index in [9.17, 15) is 76.6 Å². The van der Waals surface area contributed by atoms with Crippen molar-refractivity contribution in [2.24, 2.45) is 40.1 Å². The third kappa shape index (κ3) is 13.3. The van der Waals surface area contributed by atoms with Crippen LogP contribution in [0.3, 0.4) is 0 Å². The summed E-state index contributed by atoms with van der Waals surface area (Å²) < 4.78 is 80.9. The van der Waals surface area contributed by atoms with Gasteiger partial charge in [-0.15, -0.1) is 0 Å². The van der Waals surface area contributed by atoms with E-state index < -0.39 is 261 Å². The van der Waals surface area contributed by atoms with Gasteiger partial charge in [0.25, 0.3) is 0 Å². The average Bonchev–Trinajstić information content (AvgIpc) is 3.48. The second-order valence-corrected chi connectivity index (χ2v) is 20.4. The first-order chi connectivity index (χ1) is 37.5. The predicted octanol–water partition coefficient (Wildman–Crippen LogP) is -15.9. The van der Waals surface area contributed by atoms with E-state index >= 15 is 0 Å². The molecule has 0 aliphatic carbocycles. The quantitative estimate of drug-likeness (QED) is 0.0538. The topological polar surface area (TPSA) is 615 Å². The second-order valence-electron chi connectivity index (χ2n) is 20.4. The van der Waals surface area contributed by atoms with Gasteiger partial charge in [-0.1, -0.05) is 0 Å². The first kappa shape index (κ1) is 65.1. The van der Waals surface area contributed by atoms with Crippen LogP contribution in [0.1, 0.15) is 0 Å². The van der Waals surface area contributed by atoms with E-state index in [0.717, 1.165) is 0 Å². The molecule has 7 aliphatic heterocycles. The molecule has 29 N–H and O–H groups in total. The Kier molecular flexibility index (Phi) is 23.2. The lowest BCUT2D eigenvalue weighted by Gasteiger charge is -2.50. The van der Waals surface area contributed by atoms with Crippen LogP contribution >= 0.6 is 0 Å². The number of hydrogen-bond donors (Lipinski definition) is 22. The van der Waals surface area contributed by atoms with Gasteiger partial charge in [-0.2, -0.15) is 0 Å². The zero-order valence-electron chi connectivity index (χ0n) is 42.6. The number of methoxy groups -OCH3 is 1. The summed E-state index contributed by atoms with van der Waals surface area (Å²) in [5, 5.41) is 160. The molecule has 0 spiro atoms. The van der Waals surface area contributed by atoms with Crippen molar-refractivity contribution in [3.8, 4) is 0 Å². The van der Waals surface area contributed by atoms with Crippen molar-refractivity contribution in [1.82, 2.24) is 0 Å². The highest BCUT2D eigenvalue weighted by atomic mass is 16.8. The summed E-state index contributed by atoms with van der Waals surface area (Å²) in [4.78, 5) is 0. The van der Waals surface area contributed by atoms with Crippen LogP contribution in [-0.4, -0.2) is 344 Å². The summed E-state index contributed by atoms with van der Waals surface area (Å²) in [5.41, 5.74) is 43.7. The molecule has 0 amide bonds. The molecule has 7 heterocycles. The molecule has 18 unspecified atom stereocenters. The van der Waals surface area contributed by atoms with Crippen LogP contribution < -0.4 is 40.1 Å². The van der Waals surface area contributed by atoms with Gasteiger partial charge in [0.15, 0.2) is 44.0 Å². The lowest BCUT2D eigenvalue weighted by Crippen LogP contribution is -2.71. The van der Waals surface area contributed by atoms with Crippen molar-refractivity contribution in [2.45, 2.75) is 215 Å². The SMILES string of the molecule is COC1OC(CO)C(O[C@H]2OC(CO)[C@H](OC3OC(CO)C(O[C@H]4OC(CO)[C@H](OC5OC(CO)C(O[C@H]6OC(CO)[C@H](OC7OC(CO)C(O)[C@H](O)[C@@H]7N)C(O)[C@H]6N)[C@H](O)[C@@H]5N)C(O)[C@H]4N)[C@H](O)[C@@H]3N)C(O)[C@H]2N)[C@H](O)[C@@H]1N. The van der Waals surface area contributed by atoms with Crippen molar-refractivity contribution in [3.05, 3.63) is 0 Å². The van der Waals surface area contributed by atoms with Gasteiger partial charge in [-0.05, 0) is 0 Å². The first-order valence-electron chi connectivity index (χ1n) is 25.6. The third-order valence-corrected chi connectivity index (χ3v) is 15.3. The van der Waals surface area contributed by atoms with E-state index in [1.54, 1.807) is 0 Å². The van der Waals surface area contributed by atoms with Crippen molar-refractivity contribution >= 4 is 0 Å². The molecule has 462 valence electrons. The number of aliphatic hydroxyl groups excluding tert-OH is 15. The van der Waals surface area contributed by atoms with E-state index in [0.29, 0.717) is 0 Å². The highest BCUT2D eigenvalue weighted by molar-refractivity contribution is 5.03. The monoisotopic (exact) mass is 1160 g/mol. The third-order valence-electron chi connectivity index (χ3n) is 15.3. The maximum Gasteiger partial charge on any atom is 0.176 e. The molecule has 7 saturated heterocycles. The van der Waals surface area contributed by atoms with Gasteiger partial charge < -0.3 is 183 Å². The summed E-state index contributed by atoms with van der Waals surface area (Å²) in [6.45, 7) is -5.74. The Bertz CT molecular complexity index is 1850. The number of aliphatic hydroxyl groups is 15. The predicted molar refractivity (Wildman–Crippen MR) is 250 cm³/mol. The molecule has 0 radical (unpaired) electrons. The summed E-state index contributed by atoms with van der Waals surface area (Å²) in [7, 11) is 1.28. The lowest BCUT2D eigenvalue weighted by molar-refractivity contribution is -0.369.